The van der Waals surface area contributed by atoms with Gasteiger partial charge in [0.1, 0.15) is 6.61 Å². The van der Waals surface area contributed by atoms with Gasteiger partial charge in [-0.1, -0.05) is 249 Å². The molecule has 64 heavy (non-hydrogen) atoms. The summed E-state index contributed by atoms with van der Waals surface area (Å²) < 4.78 is 17.5. The molecular weight excluding hydrogens is 789 g/mol. The van der Waals surface area contributed by atoms with Crippen LogP contribution in [0, 0.1) is 0 Å². The fourth-order valence-electron chi connectivity index (χ4n) is 8.17. The summed E-state index contributed by atoms with van der Waals surface area (Å²) in [5, 5.41) is 0. The van der Waals surface area contributed by atoms with E-state index in [0.717, 1.165) is 70.6 Å². The minimum absolute atomic E-state index is 0.0812. The van der Waals surface area contributed by atoms with Gasteiger partial charge >= 0.3 is 11.9 Å². The summed E-state index contributed by atoms with van der Waals surface area (Å²) in [5.74, 6) is -0.397. The lowest BCUT2D eigenvalue weighted by Crippen LogP contribution is -2.30. The van der Waals surface area contributed by atoms with Gasteiger partial charge in [-0.3, -0.25) is 9.59 Å². The van der Waals surface area contributed by atoms with Crippen molar-refractivity contribution in [2.75, 3.05) is 19.8 Å². The van der Waals surface area contributed by atoms with Crippen LogP contribution >= 0.6 is 0 Å². The topological polar surface area (TPSA) is 61.8 Å². The van der Waals surface area contributed by atoms with Gasteiger partial charge in [-0.25, -0.2) is 0 Å². The summed E-state index contributed by atoms with van der Waals surface area (Å²) in [6.07, 6.45) is 68.4. The summed E-state index contributed by atoms with van der Waals surface area (Å²) in [4.78, 5) is 25.5. The van der Waals surface area contributed by atoms with Gasteiger partial charge in [-0.15, -0.1) is 0 Å². The van der Waals surface area contributed by atoms with E-state index in [2.05, 4.69) is 69.4 Å². The zero-order chi connectivity index (χ0) is 46.3. The molecular formula is C59H108O5. The molecule has 0 fully saturated rings. The molecule has 0 rings (SSSR count). The first-order valence-electron chi connectivity index (χ1n) is 28.2. The van der Waals surface area contributed by atoms with Crippen molar-refractivity contribution in [3.63, 3.8) is 0 Å². The number of allylic oxidation sites excluding steroid dienone is 8. The highest BCUT2D eigenvalue weighted by Crippen LogP contribution is 2.16. The van der Waals surface area contributed by atoms with E-state index in [4.69, 9.17) is 14.2 Å². The normalized spacial score (nSPS) is 12.5. The lowest BCUT2D eigenvalue weighted by atomic mass is 10.0. The highest BCUT2D eigenvalue weighted by atomic mass is 16.6. The number of carbonyl (C=O) groups is 2. The number of unbranched alkanes of at least 4 members (excludes halogenated alkanes) is 33. The fourth-order valence-corrected chi connectivity index (χ4v) is 8.17. The van der Waals surface area contributed by atoms with Crippen LogP contribution in [0.15, 0.2) is 48.6 Å². The fraction of sp³-hybridized carbons (Fsp3) is 0.831. The summed E-state index contributed by atoms with van der Waals surface area (Å²) in [6.45, 7) is 7.74. The largest absolute Gasteiger partial charge is 0.462 e. The van der Waals surface area contributed by atoms with Gasteiger partial charge in [0.15, 0.2) is 6.10 Å². The Labute approximate surface area is 399 Å². The molecule has 0 aromatic rings. The molecule has 0 aliphatic rings. The average Bonchev–Trinajstić information content (AvgIpc) is 3.30. The minimum Gasteiger partial charge on any atom is -0.462 e. The molecule has 0 saturated carbocycles. The molecule has 0 saturated heterocycles. The maximum absolute atomic E-state index is 12.8. The van der Waals surface area contributed by atoms with Crippen LogP contribution in [0.1, 0.15) is 290 Å². The van der Waals surface area contributed by atoms with E-state index in [9.17, 15) is 9.59 Å². The van der Waals surface area contributed by atoms with Gasteiger partial charge in [0.2, 0.25) is 0 Å². The summed E-state index contributed by atoms with van der Waals surface area (Å²) >= 11 is 0. The lowest BCUT2D eigenvalue weighted by molar-refractivity contribution is -0.163. The van der Waals surface area contributed by atoms with E-state index in [1.165, 1.54) is 186 Å². The number of rotatable bonds is 52. The van der Waals surface area contributed by atoms with Crippen molar-refractivity contribution in [2.24, 2.45) is 0 Å². The van der Waals surface area contributed by atoms with Crippen molar-refractivity contribution in [2.45, 2.75) is 297 Å². The Hall–Kier alpha value is -2.14. The maximum Gasteiger partial charge on any atom is 0.306 e. The highest BCUT2D eigenvalue weighted by molar-refractivity contribution is 5.70. The van der Waals surface area contributed by atoms with E-state index in [-0.39, 0.29) is 25.2 Å². The Bertz CT molecular complexity index is 1060. The Morgan fingerprint density at radius 1 is 0.359 bits per heavy atom. The molecule has 5 heteroatoms. The van der Waals surface area contributed by atoms with Gasteiger partial charge in [0.05, 0.1) is 6.61 Å². The van der Waals surface area contributed by atoms with Crippen molar-refractivity contribution < 1.29 is 23.8 Å². The molecule has 0 amide bonds. The van der Waals surface area contributed by atoms with Crippen molar-refractivity contribution in [1.82, 2.24) is 0 Å². The third-order valence-corrected chi connectivity index (χ3v) is 12.3. The predicted octanol–water partition coefficient (Wildman–Crippen LogP) is 19.1. The molecule has 374 valence electrons. The Morgan fingerprint density at radius 3 is 1.14 bits per heavy atom. The molecule has 5 nitrogen and oxygen atoms in total. The average molecular weight is 898 g/mol. The molecule has 0 aliphatic heterocycles. The van der Waals surface area contributed by atoms with Crippen molar-refractivity contribution in [3.05, 3.63) is 48.6 Å². The monoisotopic (exact) mass is 897 g/mol. The number of hydrogen-bond acceptors (Lipinski definition) is 5. The summed E-state index contributed by atoms with van der Waals surface area (Å²) in [7, 11) is 0. The van der Waals surface area contributed by atoms with Crippen molar-refractivity contribution in [3.8, 4) is 0 Å². The minimum atomic E-state index is -0.541. The van der Waals surface area contributed by atoms with Crippen LogP contribution in [0.3, 0.4) is 0 Å². The van der Waals surface area contributed by atoms with Crippen LogP contribution in [0.4, 0.5) is 0 Å². The second-order valence-electron chi connectivity index (χ2n) is 18.8. The number of esters is 2. The number of hydrogen-bond donors (Lipinski definition) is 0. The highest BCUT2D eigenvalue weighted by Gasteiger charge is 2.17. The molecule has 0 aromatic heterocycles. The van der Waals surface area contributed by atoms with Crippen LogP contribution in [0.2, 0.25) is 0 Å². The van der Waals surface area contributed by atoms with E-state index in [1.54, 1.807) is 0 Å². The third kappa shape index (κ3) is 52.5. The molecule has 0 aliphatic carbocycles. The quantitative estimate of drug-likeness (QED) is 0.0346. The van der Waals surface area contributed by atoms with Gasteiger partial charge in [-0.2, -0.15) is 0 Å². The van der Waals surface area contributed by atoms with Crippen LogP contribution in [-0.2, 0) is 23.8 Å². The van der Waals surface area contributed by atoms with Crippen molar-refractivity contribution >= 4 is 11.9 Å². The zero-order valence-electron chi connectivity index (χ0n) is 43.1. The molecule has 0 bridgehead atoms. The van der Waals surface area contributed by atoms with Gasteiger partial charge < -0.3 is 14.2 Å². The van der Waals surface area contributed by atoms with E-state index < -0.39 is 6.10 Å². The summed E-state index contributed by atoms with van der Waals surface area (Å²) in [6, 6.07) is 0. The molecule has 0 heterocycles. The zero-order valence-corrected chi connectivity index (χ0v) is 43.1. The lowest BCUT2D eigenvalue weighted by Gasteiger charge is -2.18. The molecule has 1 atom stereocenters. The van der Waals surface area contributed by atoms with Gasteiger partial charge in [0, 0.05) is 19.4 Å². The SMILES string of the molecule is CC/C=C\C/C=C\C/C=C\CCCCCCCCCC(=O)OCC(COCCCCCCCC/C=C\CCCCCCCC)OC(=O)CCCCCCCCCCCCCCCCC. The standard InChI is InChI=1S/C59H108O5/c1-4-7-10-13-16-19-22-25-28-30-32-34-37-40-43-46-49-52-58(60)63-56-57(55-62-54-51-48-45-42-39-36-33-29-26-23-20-17-14-11-8-5-2)64-59(61)53-50-47-44-41-38-35-31-27-24-21-18-15-12-9-6-3/h7,10,16,19,25-26,28-29,57H,4-6,8-9,11-15,17-18,20-24,27,30-56H2,1-3H3/b10-7-,19-16-,28-25-,29-26-. The smallest absolute Gasteiger partial charge is 0.306 e. The Morgan fingerprint density at radius 2 is 0.703 bits per heavy atom. The van der Waals surface area contributed by atoms with Crippen LogP contribution in [0.5, 0.6) is 0 Å². The van der Waals surface area contributed by atoms with Crippen molar-refractivity contribution in [1.29, 1.82) is 0 Å². The third-order valence-electron chi connectivity index (χ3n) is 12.3. The Balaban J connectivity index is 4.26. The first-order chi connectivity index (χ1) is 31.6. The van der Waals surface area contributed by atoms with Gasteiger partial charge in [0.25, 0.3) is 0 Å². The molecule has 1 unspecified atom stereocenters. The van der Waals surface area contributed by atoms with Crippen LogP contribution < -0.4 is 0 Å². The first kappa shape index (κ1) is 61.9. The predicted molar refractivity (Wildman–Crippen MR) is 279 cm³/mol. The molecule has 0 aromatic carbocycles. The number of ether oxygens (including phenoxy) is 3. The van der Waals surface area contributed by atoms with Crippen LogP contribution in [0.25, 0.3) is 0 Å². The first-order valence-corrected chi connectivity index (χ1v) is 28.2. The second-order valence-corrected chi connectivity index (χ2v) is 18.8. The van der Waals surface area contributed by atoms with Gasteiger partial charge in [-0.05, 0) is 77.0 Å². The number of carbonyl (C=O) groups excluding carboxylic acids is 2. The second kappa shape index (κ2) is 55.2. The summed E-state index contributed by atoms with van der Waals surface area (Å²) in [5.41, 5.74) is 0. The molecule has 0 spiro atoms. The van der Waals surface area contributed by atoms with E-state index >= 15 is 0 Å². The maximum atomic E-state index is 12.8. The molecule has 0 radical (unpaired) electrons. The Kier molecular flexibility index (Phi) is 53.3. The van der Waals surface area contributed by atoms with Crippen LogP contribution in [-0.4, -0.2) is 37.9 Å². The molecule has 0 N–H and O–H groups in total. The van der Waals surface area contributed by atoms with E-state index in [1.807, 2.05) is 0 Å². The van der Waals surface area contributed by atoms with E-state index in [0.29, 0.717) is 19.4 Å².